The molecule has 4 atom stereocenters. The van der Waals surface area contributed by atoms with E-state index in [0.717, 1.165) is 12.0 Å². The van der Waals surface area contributed by atoms with E-state index in [1.54, 1.807) is 0 Å². The van der Waals surface area contributed by atoms with Crippen molar-refractivity contribution in [2.45, 2.75) is 98.7 Å². The SMILES string of the molecule is CCCNC1CCC(C(C)(C)C)CC1N(CC)C(C)CC. The fourth-order valence-electron chi connectivity index (χ4n) is 3.98. The fourth-order valence-corrected chi connectivity index (χ4v) is 3.98. The van der Waals surface area contributed by atoms with Crippen LogP contribution in [0.4, 0.5) is 0 Å². The van der Waals surface area contributed by atoms with Gasteiger partial charge in [-0.1, -0.05) is 41.5 Å². The average Bonchev–Trinajstić information content (AvgIpc) is 2.45. The highest BCUT2D eigenvalue weighted by molar-refractivity contribution is 4.95. The molecule has 0 aliphatic heterocycles. The van der Waals surface area contributed by atoms with Gasteiger partial charge < -0.3 is 5.32 Å². The van der Waals surface area contributed by atoms with E-state index in [2.05, 4.69) is 58.7 Å². The van der Waals surface area contributed by atoms with Gasteiger partial charge in [-0.25, -0.2) is 0 Å². The van der Waals surface area contributed by atoms with Crippen LogP contribution < -0.4 is 5.32 Å². The summed E-state index contributed by atoms with van der Waals surface area (Å²) in [6.07, 6.45) is 6.59. The van der Waals surface area contributed by atoms with Gasteiger partial charge in [0, 0.05) is 18.1 Å². The van der Waals surface area contributed by atoms with Crippen molar-refractivity contribution in [3.63, 3.8) is 0 Å². The highest BCUT2D eigenvalue weighted by Crippen LogP contribution is 2.40. The zero-order chi connectivity index (χ0) is 16.0. The van der Waals surface area contributed by atoms with E-state index in [4.69, 9.17) is 0 Å². The first kappa shape index (κ1) is 19.0. The Balaban J connectivity index is 2.86. The average molecular weight is 297 g/mol. The topological polar surface area (TPSA) is 15.3 Å². The van der Waals surface area contributed by atoms with Crippen LogP contribution in [0, 0.1) is 11.3 Å². The van der Waals surface area contributed by atoms with Gasteiger partial charge in [0.25, 0.3) is 0 Å². The third kappa shape index (κ3) is 5.25. The molecule has 2 heteroatoms. The molecule has 0 radical (unpaired) electrons. The van der Waals surface area contributed by atoms with E-state index in [1.807, 2.05) is 0 Å². The van der Waals surface area contributed by atoms with Crippen molar-refractivity contribution in [2.24, 2.45) is 11.3 Å². The van der Waals surface area contributed by atoms with Crippen LogP contribution in [0.25, 0.3) is 0 Å². The van der Waals surface area contributed by atoms with Gasteiger partial charge >= 0.3 is 0 Å². The van der Waals surface area contributed by atoms with Crippen LogP contribution in [0.2, 0.25) is 0 Å². The van der Waals surface area contributed by atoms with E-state index in [9.17, 15) is 0 Å². The molecule has 2 nitrogen and oxygen atoms in total. The molecule has 0 amide bonds. The molecular formula is C19H40N2. The first-order chi connectivity index (χ1) is 9.85. The lowest BCUT2D eigenvalue weighted by atomic mass is 9.69. The molecule has 1 fully saturated rings. The molecule has 0 aromatic heterocycles. The molecule has 126 valence electrons. The van der Waals surface area contributed by atoms with Crippen molar-refractivity contribution in [3.8, 4) is 0 Å². The van der Waals surface area contributed by atoms with Gasteiger partial charge in [-0.3, -0.25) is 4.90 Å². The Morgan fingerprint density at radius 3 is 2.29 bits per heavy atom. The van der Waals surface area contributed by atoms with Gasteiger partial charge in [0.05, 0.1) is 0 Å². The Labute approximate surface area is 134 Å². The summed E-state index contributed by atoms with van der Waals surface area (Å²) in [7, 11) is 0. The molecule has 0 heterocycles. The third-order valence-corrected chi connectivity index (χ3v) is 5.65. The van der Waals surface area contributed by atoms with Crippen LogP contribution >= 0.6 is 0 Å². The summed E-state index contributed by atoms with van der Waals surface area (Å²) in [6, 6.07) is 2.11. The maximum Gasteiger partial charge on any atom is 0.0254 e. The van der Waals surface area contributed by atoms with Crippen LogP contribution in [0.5, 0.6) is 0 Å². The Morgan fingerprint density at radius 1 is 1.14 bits per heavy atom. The minimum absolute atomic E-state index is 0.447. The zero-order valence-electron chi connectivity index (χ0n) is 15.7. The van der Waals surface area contributed by atoms with Gasteiger partial charge in [-0.15, -0.1) is 0 Å². The molecule has 0 spiro atoms. The number of nitrogens with zero attached hydrogens (tertiary/aromatic N) is 1. The van der Waals surface area contributed by atoms with E-state index in [1.165, 1.54) is 45.2 Å². The van der Waals surface area contributed by atoms with Crippen molar-refractivity contribution in [1.82, 2.24) is 10.2 Å². The lowest BCUT2D eigenvalue weighted by Gasteiger charge is -2.48. The van der Waals surface area contributed by atoms with Crippen LogP contribution in [0.1, 0.15) is 80.6 Å². The summed E-state index contributed by atoms with van der Waals surface area (Å²) >= 11 is 0. The second kappa shape index (κ2) is 8.53. The normalized spacial score (nSPS) is 28.9. The number of nitrogens with one attached hydrogen (secondary N) is 1. The number of hydrogen-bond donors (Lipinski definition) is 1. The molecule has 0 aromatic carbocycles. The molecular weight excluding hydrogens is 256 g/mol. The smallest absolute Gasteiger partial charge is 0.0254 e. The zero-order valence-corrected chi connectivity index (χ0v) is 15.7. The second-order valence-electron chi connectivity index (χ2n) is 8.09. The van der Waals surface area contributed by atoms with E-state index >= 15 is 0 Å². The fraction of sp³-hybridized carbons (Fsp3) is 1.00. The lowest BCUT2D eigenvalue weighted by Crippen LogP contribution is -2.56. The maximum absolute atomic E-state index is 3.85. The minimum Gasteiger partial charge on any atom is -0.312 e. The van der Waals surface area contributed by atoms with Gasteiger partial charge in [0.15, 0.2) is 0 Å². The first-order valence-corrected chi connectivity index (χ1v) is 9.34. The van der Waals surface area contributed by atoms with Crippen LogP contribution in [0.3, 0.4) is 0 Å². The maximum atomic E-state index is 3.85. The first-order valence-electron chi connectivity index (χ1n) is 9.34. The predicted octanol–water partition coefficient (Wildman–Crippen LogP) is 4.69. The quantitative estimate of drug-likeness (QED) is 0.733. The molecule has 0 aromatic rings. The van der Waals surface area contributed by atoms with Gasteiger partial charge in [0.2, 0.25) is 0 Å². The standard InChI is InChI=1S/C19H40N2/c1-8-13-20-17-12-11-16(19(5,6)7)14-18(17)21(10-3)15(4)9-2/h15-18,20H,8-14H2,1-7H3. The molecule has 0 bridgehead atoms. The minimum atomic E-state index is 0.447. The molecule has 4 unspecified atom stereocenters. The van der Waals surface area contributed by atoms with Crippen molar-refractivity contribution in [3.05, 3.63) is 0 Å². The summed E-state index contributed by atoms with van der Waals surface area (Å²) in [5.74, 6) is 0.861. The summed E-state index contributed by atoms with van der Waals surface area (Å²) in [4.78, 5) is 2.77. The van der Waals surface area contributed by atoms with Gasteiger partial charge in [-0.2, -0.15) is 0 Å². The monoisotopic (exact) mass is 296 g/mol. The van der Waals surface area contributed by atoms with Gasteiger partial charge in [-0.05, 0) is 63.5 Å². The highest BCUT2D eigenvalue weighted by Gasteiger charge is 2.38. The highest BCUT2D eigenvalue weighted by atomic mass is 15.2. The lowest BCUT2D eigenvalue weighted by molar-refractivity contribution is 0.0388. The van der Waals surface area contributed by atoms with Crippen molar-refractivity contribution >= 4 is 0 Å². The van der Waals surface area contributed by atoms with Crippen molar-refractivity contribution in [2.75, 3.05) is 13.1 Å². The summed E-state index contributed by atoms with van der Waals surface area (Å²) < 4.78 is 0. The number of likely N-dealkylation sites (N-methyl/N-ethyl adjacent to an activating group) is 1. The van der Waals surface area contributed by atoms with Gasteiger partial charge in [0.1, 0.15) is 0 Å². The van der Waals surface area contributed by atoms with Crippen molar-refractivity contribution in [1.29, 1.82) is 0 Å². The molecule has 1 aliphatic rings. The van der Waals surface area contributed by atoms with E-state index < -0.39 is 0 Å². The molecule has 1 rings (SSSR count). The van der Waals surface area contributed by atoms with Crippen LogP contribution in [0.15, 0.2) is 0 Å². The third-order valence-electron chi connectivity index (χ3n) is 5.65. The predicted molar refractivity (Wildman–Crippen MR) is 94.8 cm³/mol. The largest absolute Gasteiger partial charge is 0.312 e. The number of hydrogen-bond acceptors (Lipinski definition) is 2. The summed E-state index contributed by atoms with van der Waals surface area (Å²) in [5.41, 5.74) is 0.447. The molecule has 1 aliphatic carbocycles. The molecule has 21 heavy (non-hydrogen) atoms. The number of rotatable bonds is 7. The Morgan fingerprint density at radius 2 is 1.81 bits per heavy atom. The van der Waals surface area contributed by atoms with Crippen LogP contribution in [-0.2, 0) is 0 Å². The molecule has 0 saturated heterocycles. The second-order valence-corrected chi connectivity index (χ2v) is 8.09. The summed E-state index contributed by atoms with van der Waals surface area (Å²) in [5, 5.41) is 3.85. The summed E-state index contributed by atoms with van der Waals surface area (Å²) in [6.45, 7) is 19.0. The molecule has 1 N–H and O–H groups in total. The Kier molecular flexibility index (Phi) is 7.70. The van der Waals surface area contributed by atoms with E-state index in [-0.39, 0.29) is 0 Å². The van der Waals surface area contributed by atoms with Crippen LogP contribution in [-0.4, -0.2) is 36.1 Å². The van der Waals surface area contributed by atoms with E-state index in [0.29, 0.717) is 17.5 Å². The Bertz CT molecular complexity index is 282. The van der Waals surface area contributed by atoms with Crippen molar-refractivity contribution < 1.29 is 0 Å². The molecule has 1 saturated carbocycles. The Hall–Kier alpha value is -0.0800.